The van der Waals surface area contributed by atoms with Gasteiger partial charge in [-0.25, -0.2) is 4.79 Å². The molecule has 0 atom stereocenters. The van der Waals surface area contributed by atoms with E-state index in [-0.39, 0.29) is 18.0 Å². The Hall–Kier alpha value is -2.48. The lowest BCUT2D eigenvalue weighted by Gasteiger charge is -2.37. The Balaban J connectivity index is 1.94. The summed E-state index contributed by atoms with van der Waals surface area (Å²) >= 11 is 0. The van der Waals surface area contributed by atoms with Gasteiger partial charge in [-0.1, -0.05) is 12.0 Å². The molecule has 1 aliphatic heterocycles. The van der Waals surface area contributed by atoms with Crippen LogP contribution in [0.1, 0.15) is 49.5 Å². The molecule has 5 heteroatoms. The van der Waals surface area contributed by atoms with Crippen molar-refractivity contribution < 1.29 is 14.3 Å². The van der Waals surface area contributed by atoms with Crippen LogP contribution in [0.3, 0.4) is 0 Å². The van der Waals surface area contributed by atoms with E-state index >= 15 is 0 Å². The second-order valence-corrected chi connectivity index (χ2v) is 7.34. The van der Waals surface area contributed by atoms with Crippen molar-refractivity contribution in [3.8, 4) is 12.3 Å². The van der Waals surface area contributed by atoms with Crippen molar-refractivity contribution in [3.05, 3.63) is 35.4 Å². The highest BCUT2D eigenvalue weighted by Crippen LogP contribution is 2.20. The molecule has 0 bridgehead atoms. The summed E-state index contributed by atoms with van der Waals surface area (Å²) < 4.78 is 5.40. The number of piperidine rings is 1. The number of likely N-dealkylation sites (tertiary alicyclic amines) is 1. The van der Waals surface area contributed by atoms with Crippen LogP contribution >= 0.6 is 0 Å². The van der Waals surface area contributed by atoms with Gasteiger partial charge in [0.15, 0.2) is 0 Å². The van der Waals surface area contributed by atoms with Gasteiger partial charge in [-0.15, -0.1) is 6.42 Å². The molecule has 134 valence electrons. The summed E-state index contributed by atoms with van der Waals surface area (Å²) in [5.74, 6) is 2.50. The van der Waals surface area contributed by atoms with E-state index in [1.54, 1.807) is 41.1 Å². The van der Waals surface area contributed by atoms with Crippen LogP contribution in [0.2, 0.25) is 0 Å². The molecule has 2 amide bonds. The lowest BCUT2D eigenvalue weighted by molar-refractivity contribution is 0.0160. The number of ether oxygens (including phenoxy) is 1. The zero-order valence-corrected chi connectivity index (χ0v) is 15.4. The van der Waals surface area contributed by atoms with Crippen molar-refractivity contribution in [2.75, 3.05) is 20.1 Å². The van der Waals surface area contributed by atoms with E-state index < -0.39 is 5.60 Å². The number of hydrogen-bond donors (Lipinski definition) is 0. The average molecular weight is 342 g/mol. The van der Waals surface area contributed by atoms with Crippen molar-refractivity contribution in [1.82, 2.24) is 9.80 Å². The zero-order chi connectivity index (χ0) is 18.6. The van der Waals surface area contributed by atoms with Gasteiger partial charge in [0.05, 0.1) is 0 Å². The Bertz CT molecular complexity index is 677. The second kappa shape index (κ2) is 7.60. The lowest BCUT2D eigenvalue weighted by atomic mass is 10.0. The highest BCUT2D eigenvalue weighted by Gasteiger charge is 2.30. The number of carbonyl (C=O) groups is 2. The SMILES string of the molecule is C#Cc1cccc(C(=O)N(C)C2CCN(C(=O)OC(C)(C)C)CC2)c1. The van der Waals surface area contributed by atoms with Crippen LogP contribution in [-0.2, 0) is 4.74 Å². The second-order valence-electron chi connectivity index (χ2n) is 7.34. The van der Waals surface area contributed by atoms with Gasteiger partial charge in [-0.3, -0.25) is 4.79 Å². The first-order chi connectivity index (χ1) is 11.7. The molecule has 1 fully saturated rings. The number of rotatable bonds is 2. The smallest absolute Gasteiger partial charge is 0.410 e. The maximum absolute atomic E-state index is 12.7. The van der Waals surface area contributed by atoms with Gasteiger partial charge in [-0.05, 0) is 51.8 Å². The summed E-state index contributed by atoms with van der Waals surface area (Å²) in [5.41, 5.74) is 0.787. The van der Waals surface area contributed by atoms with Gasteiger partial charge in [0.1, 0.15) is 5.60 Å². The molecule has 25 heavy (non-hydrogen) atoms. The largest absolute Gasteiger partial charge is 0.444 e. The Morgan fingerprint density at radius 1 is 1.28 bits per heavy atom. The van der Waals surface area contributed by atoms with Gasteiger partial charge in [0, 0.05) is 37.3 Å². The van der Waals surface area contributed by atoms with E-state index in [2.05, 4.69) is 5.92 Å². The van der Waals surface area contributed by atoms with Crippen molar-refractivity contribution in [2.45, 2.75) is 45.3 Å². The number of benzene rings is 1. The van der Waals surface area contributed by atoms with Crippen molar-refractivity contribution in [2.24, 2.45) is 0 Å². The minimum Gasteiger partial charge on any atom is -0.444 e. The third kappa shape index (κ3) is 4.99. The fourth-order valence-corrected chi connectivity index (χ4v) is 2.87. The van der Waals surface area contributed by atoms with Crippen LogP contribution in [-0.4, -0.2) is 53.6 Å². The molecule has 1 heterocycles. The van der Waals surface area contributed by atoms with E-state index in [1.165, 1.54) is 0 Å². The van der Waals surface area contributed by atoms with E-state index in [4.69, 9.17) is 11.2 Å². The number of terminal acetylenes is 1. The molecule has 0 spiro atoms. The minimum absolute atomic E-state index is 0.0483. The van der Waals surface area contributed by atoms with Crippen molar-refractivity contribution in [3.63, 3.8) is 0 Å². The molecule has 1 saturated heterocycles. The average Bonchev–Trinajstić information content (AvgIpc) is 2.59. The summed E-state index contributed by atoms with van der Waals surface area (Å²) in [5, 5.41) is 0. The molecule has 0 saturated carbocycles. The van der Waals surface area contributed by atoms with Crippen LogP contribution < -0.4 is 0 Å². The molecular formula is C20H26N2O3. The molecule has 2 rings (SSSR count). The number of amides is 2. The highest BCUT2D eigenvalue weighted by atomic mass is 16.6. The molecule has 0 aromatic heterocycles. The number of carbonyl (C=O) groups excluding carboxylic acids is 2. The molecule has 1 aromatic carbocycles. The summed E-state index contributed by atoms with van der Waals surface area (Å²) in [7, 11) is 1.80. The first-order valence-electron chi connectivity index (χ1n) is 8.53. The van der Waals surface area contributed by atoms with Gasteiger partial charge in [0.2, 0.25) is 0 Å². The first kappa shape index (κ1) is 18.9. The quantitative estimate of drug-likeness (QED) is 0.776. The highest BCUT2D eigenvalue weighted by molar-refractivity contribution is 5.94. The maximum atomic E-state index is 12.7. The van der Waals surface area contributed by atoms with Gasteiger partial charge < -0.3 is 14.5 Å². The first-order valence-corrected chi connectivity index (χ1v) is 8.53. The number of hydrogen-bond acceptors (Lipinski definition) is 3. The maximum Gasteiger partial charge on any atom is 0.410 e. The molecular weight excluding hydrogens is 316 g/mol. The molecule has 5 nitrogen and oxygen atoms in total. The fraction of sp³-hybridized carbons (Fsp3) is 0.500. The van der Waals surface area contributed by atoms with Crippen molar-refractivity contribution >= 4 is 12.0 Å². The van der Waals surface area contributed by atoms with Crippen LogP contribution in [0.15, 0.2) is 24.3 Å². The summed E-state index contributed by atoms with van der Waals surface area (Å²) in [6.45, 7) is 6.74. The van der Waals surface area contributed by atoms with Gasteiger partial charge >= 0.3 is 6.09 Å². The van der Waals surface area contributed by atoms with Crippen LogP contribution in [0.25, 0.3) is 0 Å². The van der Waals surface area contributed by atoms with Crippen LogP contribution in [0.4, 0.5) is 4.79 Å². The van der Waals surface area contributed by atoms with Crippen LogP contribution in [0.5, 0.6) is 0 Å². The molecule has 0 radical (unpaired) electrons. The lowest BCUT2D eigenvalue weighted by Crippen LogP contribution is -2.48. The Kier molecular flexibility index (Phi) is 5.73. The number of nitrogens with zero attached hydrogens (tertiary/aromatic N) is 2. The van der Waals surface area contributed by atoms with Gasteiger partial charge in [0.25, 0.3) is 5.91 Å². The molecule has 0 aliphatic carbocycles. The molecule has 1 aromatic rings. The summed E-state index contributed by atoms with van der Waals surface area (Å²) in [6, 6.07) is 7.20. The third-order valence-electron chi connectivity index (χ3n) is 4.26. The van der Waals surface area contributed by atoms with Crippen LogP contribution in [0, 0.1) is 12.3 Å². The Labute approximate surface area is 149 Å². The fourth-order valence-electron chi connectivity index (χ4n) is 2.87. The standard InChI is InChI=1S/C20H26N2O3/c1-6-15-8-7-9-16(14-15)18(23)21(5)17-10-12-22(13-11-17)19(24)25-20(2,3)4/h1,7-9,14,17H,10-13H2,2-5H3. The third-order valence-corrected chi connectivity index (χ3v) is 4.26. The summed E-state index contributed by atoms with van der Waals surface area (Å²) in [6.07, 6.45) is 6.58. The molecule has 0 unspecified atom stereocenters. The minimum atomic E-state index is -0.497. The predicted molar refractivity (Wildman–Crippen MR) is 97.3 cm³/mol. The zero-order valence-electron chi connectivity index (χ0n) is 15.4. The monoisotopic (exact) mass is 342 g/mol. The van der Waals surface area contributed by atoms with E-state index in [1.807, 2.05) is 20.8 Å². The van der Waals surface area contributed by atoms with Gasteiger partial charge in [-0.2, -0.15) is 0 Å². The van der Waals surface area contributed by atoms with E-state index in [0.29, 0.717) is 24.2 Å². The summed E-state index contributed by atoms with van der Waals surface area (Å²) in [4.78, 5) is 28.2. The predicted octanol–water partition coefficient (Wildman–Crippen LogP) is 3.14. The Morgan fingerprint density at radius 3 is 2.48 bits per heavy atom. The van der Waals surface area contributed by atoms with Crippen molar-refractivity contribution in [1.29, 1.82) is 0 Å². The molecule has 0 N–H and O–H groups in total. The normalized spacial score (nSPS) is 15.4. The Morgan fingerprint density at radius 2 is 1.92 bits per heavy atom. The van der Waals surface area contributed by atoms with E-state index in [0.717, 1.165) is 12.8 Å². The van der Waals surface area contributed by atoms with E-state index in [9.17, 15) is 9.59 Å². The topological polar surface area (TPSA) is 49.9 Å². The molecule has 1 aliphatic rings.